The first-order valence-electron chi connectivity index (χ1n) is 12.8. The third-order valence-electron chi connectivity index (χ3n) is 7.63. The third kappa shape index (κ3) is 4.00. The average molecular weight is 512 g/mol. The SMILES string of the molecule is Cc1ccc(C(=O)N(c2cc3c(c4ccccc24)O[C@H]2CCCC[C@H]32)S(=O)(=O)c2ccc(C)cc2)cc1. The van der Waals surface area contributed by atoms with Crippen LogP contribution in [0, 0.1) is 13.8 Å². The zero-order chi connectivity index (χ0) is 25.7. The van der Waals surface area contributed by atoms with Crippen LogP contribution in [0.15, 0.2) is 83.8 Å². The molecule has 0 spiro atoms. The van der Waals surface area contributed by atoms with Gasteiger partial charge >= 0.3 is 0 Å². The highest BCUT2D eigenvalue weighted by molar-refractivity contribution is 7.93. The summed E-state index contributed by atoms with van der Waals surface area (Å²) in [5, 5.41) is 1.52. The Morgan fingerprint density at radius 2 is 1.46 bits per heavy atom. The van der Waals surface area contributed by atoms with Crippen LogP contribution in [0.4, 0.5) is 5.69 Å². The fraction of sp³-hybridized carbons (Fsp3) is 0.258. The maximum Gasteiger partial charge on any atom is 0.272 e. The van der Waals surface area contributed by atoms with Crippen molar-refractivity contribution in [2.24, 2.45) is 0 Å². The molecule has 4 aromatic carbocycles. The molecule has 1 heterocycles. The molecule has 0 unspecified atom stereocenters. The topological polar surface area (TPSA) is 63.7 Å². The number of hydrogen-bond acceptors (Lipinski definition) is 4. The van der Waals surface area contributed by atoms with Crippen molar-refractivity contribution in [3.05, 3.63) is 101 Å². The molecule has 0 radical (unpaired) electrons. The van der Waals surface area contributed by atoms with Crippen LogP contribution in [0.5, 0.6) is 5.75 Å². The first kappa shape index (κ1) is 23.7. The Bertz CT molecular complexity index is 1610. The highest BCUT2D eigenvalue weighted by Crippen LogP contribution is 2.51. The van der Waals surface area contributed by atoms with E-state index in [0.29, 0.717) is 16.6 Å². The van der Waals surface area contributed by atoms with E-state index in [4.69, 9.17) is 4.74 Å². The molecule has 1 aliphatic carbocycles. The fourth-order valence-corrected chi connectivity index (χ4v) is 7.07. The van der Waals surface area contributed by atoms with Gasteiger partial charge in [-0.15, -0.1) is 0 Å². The van der Waals surface area contributed by atoms with E-state index in [1.165, 1.54) is 0 Å². The molecule has 1 fully saturated rings. The van der Waals surface area contributed by atoms with Crippen LogP contribution in [-0.2, 0) is 10.0 Å². The van der Waals surface area contributed by atoms with Gasteiger partial charge in [0.15, 0.2) is 0 Å². The lowest BCUT2D eigenvalue weighted by Gasteiger charge is -2.26. The van der Waals surface area contributed by atoms with Crippen molar-refractivity contribution in [2.45, 2.75) is 56.4 Å². The number of carbonyl (C=O) groups is 1. The van der Waals surface area contributed by atoms with E-state index in [1.807, 2.05) is 56.3 Å². The van der Waals surface area contributed by atoms with Gasteiger partial charge in [-0.2, -0.15) is 4.31 Å². The first-order chi connectivity index (χ1) is 17.8. The molecule has 4 aromatic rings. The van der Waals surface area contributed by atoms with Crippen molar-refractivity contribution in [1.29, 1.82) is 0 Å². The summed E-state index contributed by atoms with van der Waals surface area (Å²) in [5.74, 6) is 0.446. The summed E-state index contributed by atoms with van der Waals surface area (Å²) in [4.78, 5) is 14.2. The minimum absolute atomic E-state index is 0.0786. The second-order valence-corrected chi connectivity index (χ2v) is 11.9. The Kier molecular flexibility index (Phi) is 5.80. The minimum atomic E-state index is -4.22. The number of anilines is 1. The van der Waals surface area contributed by atoms with Gasteiger partial charge in [-0.25, -0.2) is 8.42 Å². The number of ether oxygens (including phenoxy) is 1. The molecule has 6 rings (SSSR count). The van der Waals surface area contributed by atoms with Crippen LogP contribution in [-0.4, -0.2) is 20.4 Å². The molecule has 1 amide bonds. The summed E-state index contributed by atoms with van der Waals surface area (Å²) in [5.41, 5.74) is 3.62. The second-order valence-electron chi connectivity index (χ2n) is 10.2. The van der Waals surface area contributed by atoms with Gasteiger partial charge in [0.05, 0.1) is 10.6 Å². The summed E-state index contributed by atoms with van der Waals surface area (Å²) in [6, 6.07) is 23.2. The molecule has 0 aromatic heterocycles. The Balaban J connectivity index is 1.61. The van der Waals surface area contributed by atoms with Crippen LogP contribution < -0.4 is 9.04 Å². The third-order valence-corrected chi connectivity index (χ3v) is 9.35. The molecule has 5 nitrogen and oxygen atoms in total. The molecule has 2 atom stereocenters. The standard InChI is InChI=1S/C31H29NO4S/c1-20-11-15-22(16-12-20)31(33)32(37(34,35)23-17-13-21(2)14-18-23)28-19-27-25-8-5-6-10-29(25)36-30(27)26-9-4-3-7-24(26)28/h3-4,7,9,11-19,25,29H,5-6,8,10H2,1-2H3/t25-,29+/m1/s1. The quantitative estimate of drug-likeness (QED) is 0.299. The van der Waals surface area contributed by atoms with E-state index < -0.39 is 15.9 Å². The smallest absolute Gasteiger partial charge is 0.272 e. The zero-order valence-corrected chi connectivity index (χ0v) is 21.8. The van der Waals surface area contributed by atoms with Gasteiger partial charge < -0.3 is 4.74 Å². The van der Waals surface area contributed by atoms with Gasteiger partial charge in [-0.3, -0.25) is 4.79 Å². The number of fused-ring (bicyclic) bond motifs is 5. The van der Waals surface area contributed by atoms with E-state index in [0.717, 1.165) is 57.8 Å². The van der Waals surface area contributed by atoms with Crippen molar-refractivity contribution in [2.75, 3.05) is 4.31 Å². The molecule has 1 aliphatic heterocycles. The Morgan fingerprint density at radius 1 is 0.838 bits per heavy atom. The number of aryl methyl sites for hydroxylation is 2. The highest BCUT2D eigenvalue weighted by Gasteiger charge is 2.40. The molecule has 1 saturated carbocycles. The molecule has 0 saturated heterocycles. The largest absolute Gasteiger partial charge is 0.489 e. The molecular formula is C31H29NO4S. The first-order valence-corrected chi connectivity index (χ1v) is 14.2. The predicted octanol–water partition coefficient (Wildman–Crippen LogP) is 6.91. The second kappa shape index (κ2) is 9.03. The molecule has 0 N–H and O–H groups in total. The van der Waals surface area contributed by atoms with E-state index in [-0.39, 0.29) is 16.9 Å². The van der Waals surface area contributed by atoms with Crippen LogP contribution >= 0.6 is 0 Å². The number of amides is 1. The van der Waals surface area contributed by atoms with Gasteiger partial charge in [0.1, 0.15) is 11.9 Å². The molecular weight excluding hydrogens is 482 g/mol. The Labute approximate surface area is 217 Å². The van der Waals surface area contributed by atoms with Crippen molar-refractivity contribution in [3.63, 3.8) is 0 Å². The lowest BCUT2D eigenvalue weighted by Crippen LogP contribution is -2.37. The molecule has 37 heavy (non-hydrogen) atoms. The van der Waals surface area contributed by atoms with Crippen LogP contribution in [0.25, 0.3) is 10.8 Å². The Hall–Kier alpha value is -3.64. The van der Waals surface area contributed by atoms with E-state index >= 15 is 0 Å². The maximum absolute atomic E-state index is 14.2. The fourth-order valence-electron chi connectivity index (χ4n) is 5.65. The lowest BCUT2D eigenvalue weighted by atomic mass is 9.82. The van der Waals surface area contributed by atoms with E-state index in [2.05, 4.69) is 0 Å². The van der Waals surface area contributed by atoms with Crippen molar-refractivity contribution in [1.82, 2.24) is 0 Å². The van der Waals surface area contributed by atoms with Crippen molar-refractivity contribution < 1.29 is 17.9 Å². The van der Waals surface area contributed by atoms with Crippen molar-refractivity contribution >= 4 is 32.4 Å². The number of nitrogens with zero attached hydrogens (tertiary/aromatic N) is 1. The van der Waals surface area contributed by atoms with Gasteiger partial charge in [-0.05, 0) is 63.4 Å². The number of sulfonamides is 1. The predicted molar refractivity (Wildman–Crippen MR) is 146 cm³/mol. The van der Waals surface area contributed by atoms with E-state index in [1.54, 1.807) is 36.4 Å². The van der Waals surface area contributed by atoms with Gasteiger partial charge in [-0.1, -0.05) is 66.1 Å². The number of hydrogen-bond donors (Lipinski definition) is 0. The molecule has 6 heteroatoms. The van der Waals surface area contributed by atoms with Crippen LogP contribution in [0.1, 0.15) is 58.6 Å². The van der Waals surface area contributed by atoms with Crippen LogP contribution in [0.3, 0.4) is 0 Å². The summed E-state index contributed by atoms with van der Waals surface area (Å²) >= 11 is 0. The monoisotopic (exact) mass is 511 g/mol. The maximum atomic E-state index is 14.2. The lowest BCUT2D eigenvalue weighted by molar-refractivity contribution is 0.101. The summed E-state index contributed by atoms with van der Waals surface area (Å²) in [6.45, 7) is 3.84. The van der Waals surface area contributed by atoms with Gasteiger partial charge in [0.2, 0.25) is 0 Å². The number of benzene rings is 4. The van der Waals surface area contributed by atoms with Crippen LogP contribution in [0.2, 0.25) is 0 Å². The molecule has 188 valence electrons. The van der Waals surface area contributed by atoms with Crippen molar-refractivity contribution in [3.8, 4) is 5.75 Å². The van der Waals surface area contributed by atoms with E-state index in [9.17, 15) is 13.2 Å². The zero-order valence-electron chi connectivity index (χ0n) is 21.0. The normalized spacial score (nSPS) is 18.6. The van der Waals surface area contributed by atoms with Gasteiger partial charge in [0, 0.05) is 27.8 Å². The number of carbonyl (C=O) groups excluding carboxylic acids is 1. The minimum Gasteiger partial charge on any atom is -0.489 e. The van der Waals surface area contributed by atoms with Gasteiger partial charge in [0.25, 0.3) is 15.9 Å². The Morgan fingerprint density at radius 3 is 2.16 bits per heavy atom. The summed E-state index contributed by atoms with van der Waals surface area (Å²) in [6.07, 6.45) is 4.31. The molecule has 0 bridgehead atoms. The highest BCUT2D eigenvalue weighted by atomic mass is 32.2. The molecule has 2 aliphatic rings. The summed E-state index contributed by atoms with van der Waals surface area (Å²) in [7, 11) is -4.22. The summed E-state index contributed by atoms with van der Waals surface area (Å²) < 4.78 is 35.9. The number of rotatable bonds is 4. The average Bonchev–Trinajstić information content (AvgIpc) is 3.28.